The topological polar surface area (TPSA) is 77.1 Å². The molecule has 228 valence electrons. The fourth-order valence-corrected chi connectivity index (χ4v) is 4.88. The maximum atomic E-state index is 14.2. The van der Waals surface area contributed by atoms with E-state index in [1.807, 2.05) is 51.1 Å². The maximum absolute atomic E-state index is 14.2. The first-order chi connectivity index (χ1) is 19.9. The van der Waals surface area contributed by atoms with Gasteiger partial charge in [-0.15, -0.1) is 0 Å². The number of rotatable bonds is 13. The van der Waals surface area contributed by atoms with Crippen LogP contribution in [-0.4, -0.2) is 55.9 Å². The summed E-state index contributed by atoms with van der Waals surface area (Å²) in [5.74, 6) is -3.01. The second kappa shape index (κ2) is 15.0. The Hall–Kier alpha value is -3.63. The number of carbonyl (C=O) groups is 2. The van der Waals surface area contributed by atoms with Gasteiger partial charge in [-0.3, -0.25) is 4.90 Å². The molecule has 0 radical (unpaired) electrons. The number of carbonyl (C=O) groups excluding carboxylic acids is 2. The predicted octanol–water partition coefficient (Wildman–Crippen LogP) is 5.97. The molecule has 3 rings (SSSR count). The first-order valence-corrected chi connectivity index (χ1v) is 14.0. The maximum Gasteiger partial charge on any atom is 0.416 e. The number of allylic oxidation sites excluding steroid dienone is 2. The standard InChI is InChI=1S/C32H39F3N2O5/c1-6-37(20-24-12-8-7-9-13-24)16-17-41-30(38)27-22(4)36-23(5)28(31(39)42-19-18-40-21(2)3)29(27)25-14-10-11-15-26(25)32(33,34)35/h7-15,21,29,36H,6,16-20H2,1-5H3. The second-order valence-corrected chi connectivity index (χ2v) is 10.3. The van der Waals surface area contributed by atoms with Gasteiger partial charge < -0.3 is 19.5 Å². The summed E-state index contributed by atoms with van der Waals surface area (Å²) in [6.45, 7) is 10.6. The van der Waals surface area contributed by atoms with Crippen LogP contribution in [0.25, 0.3) is 0 Å². The van der Waals surface area contributed by atoms with E-state index in [0.29, 0.717) is 31.0 Å². The Morgan fingerprint density at radius 1 is 0.881 bits per heavy atom. The highest BCUT2D eigenvalue weighted by atomic mass is 19.4. The molecule has 0 amide bonds. The quantitative estimate of drug-likeness (QED) is 0.228. The van der Waals surface area contributed by atoms with Crippen LogP contribution in [0.1, 0.15) is 57.2 Å². The molecule has 0 saturated heterocycles. The van der Waals surface area contributed by atoms with E-state index in [9.17, 15) is 22.8 Å². The molecule has 0 bridgehead atoms. The summed E-state index contributed by atoms with van der Waals surface area (Å²) in [6, 6.07) is 14.8. The van der Waals surface area contributed by atoms with Crippen LogP contribution in [0, 0.1) is 0 Å². The average Bonchev–Trinajstić information content (AvgIpc) is 2.94. The van der Waals surface area contributed by atoms with Gasteiger partial charge in [0.05, 0.1) is 35.3 Å². The van der Waals surface area contributed by atoms with Gasteiger partial charge in [0.25, 0.3) is 0 Å². The molecule has 7 nitrogen and oxygen atoms in total. The van der Waals surface area contributed by atoms with E-state index in [4.69, 9.17) is 14.2 Å². The first-order valence-electron chi connectivity index (χ1n) is 14.0. The molecule has 1 atom stereocenters. The normalized spacial score (nSPS) is 15.7. The third-order valence-electron chi connectivity index (χ3n) is 6.88. The van der Waals surface area contributed by atoms with Crippen LogP contribution in [0.2, 0.25) is 0 Å². The summed E-state index contributed by atoms with van der Waals surface area (Å²) in [5.41, 5.74) is 0.351. The van der Waals surface area contributed by atoms with Crippen molar-refractivity contribution in [1.82, 2.24) is 10.2 Å². The number of alkyl halides is 3. The van der Waals surface area contributed by atoms with Crippen LogP contribution in [0.5, 0.6) is 0 Å². The van der Waals surface area contributed by atoms with Crippen molar-refractivity contribution >= 4 is 11.9 Å². The van der Waals surface area contributed by atoms with E-state index in [2.05, 4.69) is 10.2 Å². The Bertz CT molecular complexity index is 1290. The molecule has 0 fully saturated rings. The largest absolute Gasteiger partial charge is 0.461 e. The number of halogens is 3. The minimum Gasteiger partial charge on any atom is -0.461 e. The van der Waals surface area contributed by atoms with E-state index in [1.54, 1.807) is 13.8 Å². The first kappa shape index (κ1) is 32.9. The molecule has 1 heterocycles. The Morgan fingerprint density at radius 3 is 2.02 bits per heavy atom. The fourth-order valence-electron chi connectivity index (χ4n) is 4.88. The van der Waals surface area contributed by atoms with Crippen molar-refractivity contribution in [3.8, 4) is 0 Å². The lowest BCUT2D eigenvalue weighted by molar-refractivity contribution is -0.143. The van der Waals surface area contributed by atoms with Crippen molar-refractivity contribution in [2.24, 2.45) is 0 Å². The van der Waals surface area contributed by atoms with Crippen molar-refractivity contribution in [2.75, 3.05) is 32.9 Å². The number of nitrogens with one attached hydrogen (secondary N) is 1. The van der Waals surface area contributed by atoms with Crippen LogP contribution < -0.4 is 5.32 Å². The second-order valence-electron chi connectivity index (χ2n) is 10.3. The minimum absolute atomic E-state index is 0.0128. The van der Waals surface area contributed by atoms with Crippen LogP contribution >= 0.6 is 0 Å². The van der Waals surface area contributed by atoms with Gasteiger partial charge in [0.1, 0.15) is 13.2 Å². The van der Waals surface area contributed by atoms with Gasteiger partial charge in [0.2, 0.25) is 0 Å². The number of hydrogen-bond acceptors (Lipinski definition) is 7. The number of likely N-dealkylation sites (N-methyl/N-ethyl adjacent to an activating group) is 1. The molecular formula is C32H39F3N2O5. The predicted molar refractivity (Wildman–Crippen MR) is 153 cm³/mol. The smallest absolute Gasteiger partial charge is 0.416 e. The molecule has 2 aromatic carbocycles. The summed E-state index contributed by atoms with van der Waals surface area (Å²) < 4.78 is 59.0. The monoisotopic (exact) mass is 588 g/mol. The Labute approximate surface area is 245 Å². The van der Waals surface area contributed by atoms with Crippen molar-refractivity contribution < 1.29 is 37.0 Å². The van der Waals surface area contributed by atoms with Gasteiger partial charge in [-0.2, -0.15) is 13.2 Å². The molecule has 0 spiro atoms. The zero-order valence-corrected chi connectivity index (χ0v) is 24.7. The molecule has 1 unspecified atom stereocenters. The number of benzene rings is 2. The number of dihydropyridines is 1. The molecule has 42 heavy (non-hydrogen) atoms. The van der Waals surface area contributed by atoms with E-state index in [-0.39, 0.29) is 42.6 Å². The lowest BCUT2D eigenvalue weighted by atomic mass is 9.78. The van der Waals surface area contributed by atoms with Crippen LogP contribution in [0.15, 0.2) is 77.1 Å². The molecule has 1 aliphatic heterocycles. The summed E-state index contributed by atoms with van der Waals surface area (Å²) in [5, 5.41) is 2.99. The minimum atomic E-state index is -4.72. The van der Waals surface area contributed by atoms with Crippen molar-refractivity contribution in [3.63, 3.8) is 0 Å². The van der Waals surface area contributed by atoms with E-state index in [0.717, 1.165) is 11.6 Å². The Kier molecular flexibility index (Phi) is 11.8. The average molecular weight is 589 g/mol. The molecule has 2 aromatic rings. The van der Waals surface area contributed by atoms with Gasteiger partial charge in [0.15, 0.2) is 0 Å². The van der Waals surface area contributed by atoms with Crippen molar-refractivity contribution in [2.45, 2.75) is 59.4 Å². The third kappa shape index (κ3) is 8.69. The number of hydrogen-bond donors (Lipinski definition) is 1. The van der Waals surface area contributed by atoms with Crippen molar-refractivity contribution in [3.05, 3.63) is 93.8 Å². The van der Waals surface area contributed by atoms with Gasteiger partial charge in [-0.25, -0.2) is 9.59 Å². The lowest BCUT2D eigenvalue weighted by Crippen LogP contribution is -2.34. The Morgan fingerprint density at radius 2 is 1.45 bits per heavy atom. The summed E-state index contributed by atoms with van der Waals surface area (Å²) in [4.78, 5) is 29.0. The molecule has 0 saturated carbocycles. The highest BCUT2D eigenvalue weighted by Gasteiger charge is 2.43. The Balaban J connectivity index is 1.90. The van der Waals surface area contributed by atoms with Crippen LogP contribution in [0.3, 0.4) is 0 Å². The van der Waals surface area contributed by atoms with E-state index in [1.165, 1.54) is 18.2 Å². The van der Waals surface area contributed by atoms with Crippen LogP contribution in [-0.2, 0) is 36.5 Å². The number of ether oxygens (including phenoxy) is 3. The van der Waals surface area contributed by atoms with Gasteiger partial charge >= 0.3 is 18.1 Å². The fraction of sp³-hybridized carbons (Fsp3) is 0.438. The number of nitrogens with zero attached hydrogens (tertiary/aromatic N) is 1. The highest BCUT2D eigenvalue weighted by molar-refractivity contribution is 6.00. The van der Waals surface area contributed by atoms with Gasteiger partial charge in [-0.1, -0.05) is 55.5 Å². The molecule has 0 aromatic heterocycles. The molecule has 10 heteroatoms. The number of esters is 2. The third-order valence-corrected chi connectivity index (χ3v) is 6.88. The zero-order valence-electron chi connectivity index (χ0n) is 24.7. The van der Waals surface area contributed by atoms with Gasteiger partial charge in [-0.05, 0) is 51.4 Å². The lowest BCUT2D eigenvalue weighted by Gasteiger charge is -2.32. The summed E-state index contributed by atoms with van der Waals surface area (Å²) in [6.07, 6.45) is -4.81. The highest BCUT2D eigenvalue weighted by Crippen LogP contribution is 2.44. The zero-order chi connectivity index (χ0) is 30.9. The van der Waals surface area contributed by atoms with Crippen molar-refractivity contribution in [1.29, 1.82) is 0 Å². The molecule has 1 aliphatic rings. The SMILES string of the molecule is CCN(CCOC(=O)C1=C(C)NC(C)=C(C(=O)OCCOC(C)C)C1c1ccccc1C(F)(F)F)Cc1ccccc1. The summed E-state index contributed by atoms with van der Waals surface area (Å²) in [7, 11) is 0. The molecule has 1 N–H and O–H groups in total. The summed E-state index contributed by atoms with van der Waals surface area (Å²) >= 11 is 0. The molecular weight excluding hydrogens is 549 g/mol. The van der Waals surface area contributed by atoms with Gasteiger partial charge in [0, 0.05) is 24.5 Å². The molecule has 0 aliphatic carbocycles. The van der Waals surface area contributed by atoms with E-state index < -0.39 is 29.6 Å². The van der Waals surface area contributed by atoms with E-state index >= 15 is 0 Å². The van der Waals surface area contributed by atoms with Crippen LogP contribution in [0.4, 0.5) is 13.2 Å².